The molecule has 0 amide bonds. The van der Waals surface area contributed by atoms with Crippen molar-refractivity contribution in [3.05, 3.63) is 72.1 Å². The van der Waals surface area contributed by atoms with E-state index < -0.39 is 11.4 Å². The zero-order valence-electron chi connectivity index (χ0n) is 22.0. The predicted molar refractivity (Wildman–Crippen MR) is 149 cm³/mol. The highest BCUT2D eigenvalue weighted by Gasteiger charge is 2.29. The number of carboxylic acid groups (broad SMARTS) is 1. The molecule has 1 fully saturated rings. The largest absolute Gasteiger partial charge is 0.507 e. The number of carbonyl (C=O) groups is 1. The summed E-state index contributed by atoms with van der Waals surface area (Å²) in [6.07, 6.45) is 8.13. The lowest BCUT2D eigenvalue weighted by molar-refractivity contribution is -0.142. The Hall–Kier alpha value is -4.47. The average molecular weight is 529 g/mol. The number of hydrogen-bond acceptors (Lipinski definition) is 9. The number of aliphatic imine (C=N–C) groups is 1. The molecule has 202 valence electrons. The molecule has 3 N–H and O–H groups in total. The molecule has 1 saturated heterocycles. The molecular formula is C29H32N6O4. The van der Waals surface area contributed by atoms with Gasteiger partial charge in [0.25, 0.3) is 5.88 Å². The minimum atomic E-state index is -0.970. The Morgan fingerprint density at radius 1 is 1.10 bits per heavy atom. The minimum Gasteiger partial charge on any atom is -0.507 e. The standard InChI is InChI=1S/C29H32N6O4/c1-29(2,28(37)38)20-12-10-19(11-13-20)22-7-3-9-24(32-22)33-25-16-30-17-26(34-25)35-15-5-6-21(18-35)39-27-23(36)8-4-14-31-27/h3,7,9-14,16-17,21,36H,4-6,8,15,18H2,1-2H3,(H,37,38)(H,32,33,34). The van der Waals surface area contributed by atoms with Gasteiger partial charge in [0.15, 0.2) is 11.6 Å². The maximum Gasteiger partial charge on any atom is 0.313 e. The highest BCUT2D eigenvalue weighted by molar-refractivity contribution is 5.80. The van der Waals surface area contributed by atoms with Crippen molar-refractivity contribution in [1.29, 1.82) is 0 Å². The number of aliphatic carboxylic acids is 1. The molecule has 1 aromatic carbocycles. The monoisotopic (exact) mass is 528 g/mol. The Morgan fingerprint density at radius 3 is 2.69 bits per heavy atom. The van der Waals surface area contributed by atoms with Crippen LogP contribution in [0.25, 0.3) is 11.3 Å². The highest BCUT2D eigenvalue weighted by atomic mass is 16.5. The Morgan fingerprint density at radius 2 is 1.92 bits per heavy atom. The lowest BCUT2D eigenvalue weighted by Gasteiger charge is -2.33. The number of aliphatic hydroxyl groups excluding tert-OH is 1. The van der Waals surface area contributed by atoms with Crippen molar-refractivity contribution in [2.75, 3.05) is 23.3 Å². The second kappa shape index (κ2) is 11.1. The third kappa shape index (κ3) is 6.00. The smallest absolute Gasteiger partial charge is 0.313 e. The van der Waals surface area contributed by atoms with E-state index in [2.05, 4.69) is 20.2 Å². The molecule has 2 aromatic heterocycles. The van der Waals surface area contributed by atoms with E-state index in [9.17, 15) is 15.0 Å². The summed E-state index contributed by atoms with van der Waals surface area (Å²) in [6, 6.07) is 13.1. The summed E-state index contributed by atoms with van der Waals surface area (Å²) >= 11 is 0. The number of anilines is 3. The molecule has 0 bridgehead atoms. The van der Waals surface area contributed by atoms with E-state index in [1.54, 1.807) is 32.5 Å². The van der Waals surface area contributed by atoms with Gasteiger partial charge < -0.3 is 25.2 Å². The lowest BCUT2D eigenvalue weighted by atomic mass is 9.84. The fraction of sp³-hybridized carbons (Fsp3) is 0.345. The number of aliphatic hydroxyl groups is 1. The van der Waals surface area contributed by atoms with Gasteiger partial charge in [-0.05, 0) is 50.8 Å². The van der Waals surface area contributed by atoms with Crippen LogP contribution in [0.15, 0.2) is 71.5 Å². The molecule has 3 aromatic rings. The van der Waals surface area contributed by atoms with Crippen LogP contribution < -0.4 is 10.2 Å². The van der Waals surface area contributed by atoms with Crippen molar-refractivity contribution >= 4 is 29.6 Å². The quantitative estimate of drug-likeness (QED) is 0.360. The maximum atomic E-state index is 11.6. The molecule has 2 aliphatic rings. The number of allylic oxidation sites excluding steroid dienone is 1. The number of rotatable bonds is 8. The van der Waals surface area contributed by atoms with Gasteiger partial charge in [-0.25, -0.2) is 15.0 Å². The maximum absolute atomic E-state index is 11.6. The van der Waals surface area contributed by atoms with Crippen LogP contribution in [0.1, 0.15) is 45.1 Å². The zero-order chi connectivity index (χ0) is 27.4. The van der Waals surface area contributed by atoms with Crippen LogP contribution in [0.3, 0.4) is 0 Å². The SMILES string of the molecule is CC(C)(C(=O)O)c1ccc(-c2cccc(Nc3cncc(N4CCCC(OC5=C(O)CCC=N5)C4)n3)n2)cc1. The number of carboxylic acids is 1. The highest BCUT2D eigenvalue weighted by Crippen LogP contribution is 2.28. The van der Waals surface area contributed by atoms with E-state index in [0.717, 1.165) is 48.4 Å². The number of aromatic nitrogens is 3. The molecule has 10 heteroatoms. The van der Waals surface area contributed by atoms with Crippen LogP contribution in [0.5, 0.6) is 0 Å². The Bertz CT molecular complexity index is 1400. The van der Waals surface area contributed by atoms with Crippen molar-refractivity contribution < 1.29 is 19.7 Å². The molecule has 39 heavy (non-hydrogen) atoms. The second-order valence-electron chi connectivity index (χ2n) is 10.2. The van der Waals surface area contributed by atoms with Gasteiger partial charge in [0.05, 0.1) is 30.0 Å². The average Bonchev–Trinajstić information content (AvgIpc) is 2.95. The predicted octanol–water partition coefficient (Wildman–Crippen LogP) is 5.22. The number of piperidine rings is 1. The molecule has 2 aliphatic heterocycles. The Balaban J connectivity index is 1.27. The minimum absolute atomic E-state index is 0.102. The summed E-state index contributed by atoms with van der Waals surface area (Å²) in [5, 5.41) is 22.8. The van der Waals surface area contributed by atoms with E-state index >= 15 is 0 Å². The topological polar surface area (TPSA) is 133 Å². The summed E-state index contributed by atoms with van der Waals surface area (Å²) in [6.45, 7) is 4.82. The summed E-state index contributed by atoms with van der Waals surface area (Å²) < 4.78 is 6.00. The molecule has 10 nitrogen and oxygen atoms in total. The van der Waals surface area contributed by atoms with E-state index in [0.29, 0.717) is 30.5 Å². The molecule has 4 heterocycles. The van der Waals surface area contributed by atoms with Gasteiger partial charge in [0.1, 0.15) is 17.7 Å². The van der Waals surface area contributed by atoms with Gasteiger partial charge in [0, 0.05) is 24.7 Å². The number of nitrogens with zero attached hydrogens (tertiary/aromatic N) is 5. The molecule has 1 atom stereocenters. The molecule has 1 unspecified atom stereocenters. The van der Waals surface area contributed by atoms with Crippen molar-refractivity contribution in [1.82, 2.24) is 15.0 Å². The van der Waals surface area contributed by atoms with Crippen LogP contribution in [0, 0.1) is 0 Å². The molecule has 0 saturated carbocycles. The van der Waals surface area contributed by atoms with Crippen molar-refractivity contribution in [2.45, 2.75) is 51.0 Å². The molecule has 0 radical (unpaired) electrons. The van der Waals surface area contributed by atoms with Gasteiger partial charge >= 0.3 is 5.97 Å². The first kappa shape index (κ1) is 26.1. The van der Waals surface area contributed by atoms with Crippen molar-refractivity contribution in [2.24, 2.45) is 4.99 Å². The normalized spacial score (nSPS) is 17.7. The zero-order valence-corrected chi connectivity index (χ0v) is 22.0. The number of pyridine rings is 1. The van der Waals surface area contributed by atoms with Crippen LogP contribution in [0.4, 0.5) is 17.5 Å². The third-order valence-corrected chi connectivity index (χ3v) is 7.01. The number of nitrogens with one attached hydrogen (secondary N) is 1. The molecular weight excluding hydrogens is 496 g/mol. The Kier molecular flexibility index (Phi) is 7.44. The van der Waals surface area contributed by atoms with Gasteiger partial charge in [-0.15, -0.1) is 0 Å². The molecule has 0 aliphatic carbocycles. The first-order valence-electron chi connectivity index (χ1n) is 13.1. The molecule has 5 rings (SSSR count). The van der Waals surface area contributed by atoms with E-state index in [1.807, 2.05) is 42.5 Å². The van der Waals surface area contributed by atoms with Crippen LogP contribution in [0.2, 0.25) is 0 Å². The number of benzene rings is 1. The van der Waals surface area contributed by atoms with E-state index in [4.69, 9.17) is 14.7 Å². The van der Waals surface area contributed by atoms with Crippen molar-refractivity contribution in [3.8, 4) is 11.3 Å². The van der Waals surface area contributed by atoms with E-state index in [-0.39, 0.29) is 11.9 Å². The summed E-state index contributed by atoms with van der Waals surface area (Å²) in [5.41, 5.74) is 1.39. The van der Waals surface area contributed by atoms with Gasteiger partial charge in [-0.3, -0.25) is 9.78 Å². The fourth-order valence-corrected chi connectivity index (χ4v) is 4.57. The lowest BCUT2D eigenvalue weighted by Crippen LogP contribution is -2.40. The first-order valence-corrected chi connectivity index (χ1v) is 13.1. The third-order valence-electron chi connectivity index (χ3n) is 7.01. The Labute approximate surface area is 227 Å². The van der Waals surface area contributed by atoms with Crippen LogP contribution in [-0.4, -0.2) is 56.5 Å². The summed E-state index contributed by atoms with van der Waals surface area (Å²) in [5.74, 6) is 1.57. The van der Waals surface area contributed by atoms with Gasteiger partial charge in [-0.2, -0.15) is 0 Å². The fourth-order valence-electron chi connectivity index (χ4n) is 4.57. The summed E-state index contributed by atoms with van der Waals surface area (Å²) in [4.78, 5) is 31.8. The number of ether oxygens (including phenoxy) is 1. The second-order valence-corrected chi connectivity index (χ2v) is 10.2. The van der Waals surface area contributed by atoms with Gasteiger partial charge in [0.2, 0.25) is 0 Å². The van der Waals surface area contributed by atoms with Crippen molar-refractivity contribution in [3.63, 3.8) is 0 Å². The summed E-state index contributed by atoms with van der Waals surface area (Å²) in [7, 11) is 0. The number of hydrogen-bond donors (Lipinski definition) is 3. The van der Waals surface area contributed by atoms with Gasteiger partial charge in [-0.1, -0.05) is 30.3 Å². The van der Waals surface area contributed by atoms with Crippen LogP contribution >= 0.6 is 0 Å². The first-order chi connectivity index (χ1) is 18.8. The van der Waals surface area contributed by atoms with E-state index in [1.165, 1.54) is 0 Å². The molecule has 0 spiro atoms. The van der Waals surface area contributed by atoms with Crippen LogP contribution in [-0.2, 0) is 14.9 Å².